The van der Waals surface area contributed by atoms with E-state index in [1.165, 1.54) is 15.6 Å². The molecule has 8 heteroatoms. The average Bonchev–Trinajstić information content (AvgIpc) is 3.13. The van der Waals surface area contributed by atoms with Crippen LogP contribution in [0.4, 0.5) is 0 Å². The van der Waals surface area contributed by atoms with Crippen molar-refractivity contribution in [2.45, 2.75) is 29.2 Å². The molecule has 0 aromatic carbocycles. The van der Waals surface area contributed by atoms with Gasteiger partial charge in [0.25, 0.3) is 10.0 Å². The van der Waals surface area contributed by atoms with Crippen LogP contribution in [0.25, 0.3) is 0 Å². The number of sulfonamides is 1. The van der Waals surface area contributed by atoms with E-state index in [-0.39, 0.29) is 0 Å². The topological polar surface area (TPSA) is 75.4 Å². The van der Waals surface area contributed by atoms with Crippen molar-refractivity contribution in [3.8, 4) is 0 Å². The van der Waals surface area contributed by atoms with E-state index in [1.807, 2.05) is 13.2 Å². The number of hydrogen-bond donors (Lipinski definition) is 1. The fraction of sp³-hybridized carbons (Fsp3) is 0.462. The Morgan fingerprint density at radius 2 is 2.33 bits per heavy atom. The number of rotatable bonds is 4. The summed E-state index contributed by atoms with van der Waals surface area (Å²) < 4.78 is 28.7. The standard InChI is InChI=1S/C13H17N3O3S2/c1-15-9-10(8-14-15)7-11-12(17)4-5-16(11)21(18,19)13-3-2-6-20-13/h2-3,6,8-9,11-12,17H,4-5,7H2,1H3/t11-,12-/m0/s1. The maximum atomic E-state index is 12.7. The molecule has 1 aliphatic rings. The summed E-state index contributed by atoms with van der Waals surface area (Å²) in [5, 5.41) is 16.0. The third-order valence-corrected chi connectivity index (χ3v) is 7.02. The van der Waals surface area contributed by atoms with E-state index in [2.05, 4.69) is 5.10 Å². The van der Waals surface area contributed by atoms with Gasteiger partial charge in [-0.25, -0.2) is 8.42 Å². The predicted octanol–water partition coefficient (Wildman–Crippen LogP) is 0.848. The largest absolute Gasteiger partial charge is 0.391 e. The maximum absolute atomic E-state index is 12.7. The molecule has 1 saturated heterocycles. The summed E-state index contributed by atoms with van der Waals surface area (Å²) in [6.07, 6.45) is 3.86. The van der Waals surface area contributed by atoms with Gasteiger partial charge in [-0.2, -0.15) is 9.40 Å². The third-order valence-electron chi connectivity index (χ3n) is 3.72. The second kappa shape index (κ2) is 5.53. The number of aryl methyl sites for hydroxylation is 1. The van der Waals surface area contributed by atoms with Crippen LogP contribution in [0.5, 0.6) is 0 Å². The van der Waals surface area contributed by atoms with Gasteiger partial charge < -0.3 is 5.11 Å². The molecular formula is C13H17N3O3S2. The highest BCUT2D eigenvalue weighted by molar-refractivity contribution is 7.91. The highest BCUT2D eigenvalue weighted by Gasteiger charge is 2.41. The second-order valence-electron chi connectivity index (χ2n) is 5.20. The third kappa shape index (κ3) is 2.76. The molecule has 1 aliphatic heterocycles. The van der Waals surface area contributed by atoms with Gasteiger partial charge in [-0.3, -0.25) is 4.68 Å². The van der Waals surface area contributed by atoms with Gasteiger partial charge in [-0.05, 0) is 29.9 Å². The average molecular weight is 327 g/mol. The first-order valence-electron chi connectivity index (χ1n) is 6.69. The molecule has 3 rings (SSSR count). The van der Waals surface area contributed by atoms with E-state index < -0.39 is 22.2 Å². The number of aliphatic hydroxyl groups is 1. The van der Waals surface area contributed by atoms with E-state index in [1.54, 1.807) is 28.4 Å². The zero-order valence-electron chi connectivity index (χ0n) is 11.6. The van der Waals surface area contributed by atoms with E-state index in [0.29, 0.717) is 23.6 Å². The van der Waals surface area contributed by atoms with Gasteiger partial charge in [-0.1, -0.05) is 6.07 Å². The second-order valence-corrected chi connectivity index (χ2v) is 8.26. The highest BCUT2D eigenvalue weighted by atomic mass is 32.2. The Balaban J connectivity index is 1.87. The molecule has 2 atom stereocenters. The predicted molar refractivity (Wildman–Crippen MR) is 79.5 cm³/mol. The molecule has 3 heterocycles. The van der Waals surface area contributed by atoms with E-state index in [0.717, 1.165) is 5.56 Å². The minimum Gasteiger partial charge on any atom is -0.391 e. The molecule has 114 valence electrons. The Morgan fingerprint density at radius 3 is 2.95 bits per heavy atom. The van der Waals surface area contributed by atoms with E-state index >= 15 is 0 Å². The number of thiophene rings is 1. The first-order valence-corrected chi connectivity index (χ1v) is 9.01. The van der Waals surface area contributed by atoms with Crippen LogP contribution in [-0.4, -0.2) is 46.3 Å². The summed E-state index contributed by atoms with van der Waals surface area (Å²) in [7, 11) is -1.71. The molecule has 6 nitrogen and oxygen atoms in total. The zero-order valence-corrected chi connectivity index (χ0v) is 13.2. The minimum absolute atomic E-state index is 0.327. The van der Waals surface area contributed by atoms with Crippen LogP contribution in [0.2, 0.25) is 0 Å². The first-order chi connectivity index (χ1) is 9.98. The van der Waals surface area contributed by atoms with Crippen molar-refractivity contribution in [2.24, 2.45) is 7.05 Å². The van der Waals surface area contributed by atoms with Crippen LogP contribution >= 0.6 is 11.3 Å². The molecule has 0 radical (unpaired) electrons. The fourth-order valence-corrected chi connectivity index (χ4v) is 5.48. The molecule has 0 spiro atoms. The first kappa shape index (κ1) is 14.7. The lowest BCUT2D eigenvalue weighted by molar-refractivity contribution is 0.142. The lowest BCUT2D eigenvalue weighted by Crippen LogP contribution is -2.40. The zero-order chi connectivity index (χ0) is 15.0. The van der Waals surface area contributed by atoms with E-state index in [4.69, 9.17) is 0 Å². The van der Waals surface area contributed by atoms with Crippen molar-refractivity contribution >= 4 is 21.4 Å². The van der Waals surface area contributed by atoms with Crippen molar-refractivity contribution in [3.63, 3.8) is 0 Å². The Hall–Kier alpha value is -1.22. The molecule has 21 heavy (non-hydrogen) atoms. The number of hydrogen-bond acceptors (Lipinski definition) is 5. The molecule has 2 aromatic heterocycles. The maximum Gasteiger partial charge on any atom is 0.252 e. The molecular weight excluding hydrogens is 310 g/mol. The van der Waals surface area contributed by atoms with Gasteiger partial charge >= 0.3 is 0 Å². The smallest absolute Gasteiger partial charge is 0.252 e. The molecule has 0 amide bonds. The molecule has 0 aliphatic carbocycles. The number of aliphatic hydroxyl groups excluding tert-OH is 1. The molecule has 2 aromatic rings. The van der Waals surface area contributed by atoms with Crippen LogP contribution in [0.1, 0.15) is 12.0 Å². The van der Waals surface area contributed by atoms with Crippen LogP contribution in [-0.2, 0) is 23.5 Å². The summed E-state index contributed by atoms with van der Waals surface area (Å²) in [6, 6.07) is 2.90. The Labute approximate surface area is 127 Å². The Kier molecular flexibility index (Phi) is 3.87. The molecule has 1 N–H and O–H groups in total. The summed E-state index contributed by atoms with van der Waals surface area (Å²) in [6.45, 7) is 0.354. The van der Waals surface area contributed by atoms with Crippen LogP contribution in [0, 0.1) is 0 Å². The van der Waals surface area contributed by atoms with Crippen molar-refractivity contribution in [2.75, 3.05) is 6.54 Å². The number of nitrogens with zero attached hydrogens (tertiary/aromatic N) is 3. The fourth-order valence-electron chi connectivity index (χ4n) is 2.69. The van der Waals surface area contributed by atoms with Crippen LogP contribution in [0.3, 0.4) is 0 Å². The summed E-state index contributed by atoms with van der Waals surface area (Å²) in [5.74, 6) is 0. The monoisotopic (exact) mass is 327 g/mol. The van der Waals surface area contributed by atoms with Gasteiger partial charge in [0.15, 0.2) is 0 Å². The van der Waals surface area contributed by atoms with E-state index in [9.17, 15) is 13.5 Å². The Morgan fingerprint density at radius 1 is 1.52 bits per heavy atom. The van der Waals surface area contributed by atoms with Crippen molar-refractivity contribution in [1.82, 2.24) is 14.1 Å². The van der Waals surface area contributed by atoms with Crippen molar-refractivity contribution in [3.05, 3.63) is 35.5 Å². The van der Waals surface area contributed by atoms with Crippen LogP contribution < -0.4 is 0 Å². The van der Waals surface area contributed by atoms with Gasteiger partial charge in [0.2, 0.25) is 0 Å². The van der Waals surface area contributed by atoms with Gasteiger partial charge in [-0.15, -0.1) is 11.3 Å². The lowest BCUT2D eigenvalue weighted by atomic mass is 10.1. The molecule has 0 bridgehead atoms. The van der Waals surface area contributed by atoms with Gasteiger partial charge in [0, 0.05) is 19.8 Å². The lowest BCUT2D eigenvalue weighted by Gasteiger charge is -2.24. The molecule has 1 fully saturated rings. The van der Waals surface area contributed by atoms with Crippen molar-refractivity contribution in [1.29, 1.82) is 0 Å². The highest BCUT2D eigenvalue weighted by Crippen LogP contribution is 2.30. The minimum atomic E-state index is -3.53. The SMILES string of the molecule is Cn1cc(C[C@H]2[C@@H](O)CCN2S(=O)(=O)c2cccs2)cn1. The summed E-state index contributed by atoms with van der Waals surface area (Å²) in [5.41, 5.74) is 0.926. The Bertz CT molecular complexity index is 709. The van der Waals surface area contributed by atoms with Crippen molar-refractivity contribution < 1.29 is 13.5 Å². The van der Waals surface area contributed by atoms with Gasteiger partial charge in [0.05, 0.1) is 18.3 Å². The summed E-state index contributed by atoms with van der Waals surface area (Å²) >= 11 is 1.20. The molecule has 0 unspecified atom stereocenters. The quantitative estimate of drug-likeness (QED) is 0.903. The normalized spacial score (nSPS) is 23.7. The number of aromatic nitrogens is 2. The summed E-state index contributed by atoms with van der Waals surface area (Å²) in [4.78, 5) is 0. The molecule has 0 saturated carbocycles. The van der Waals surface area contributed by atoms with Gasteiger partial charge in [0.1, 0.15) is 4.21 Å². The van der Waals surface area contributed by atoms with Crippen LogP contribution in [0.15, 0.2) is 34.1 Å².